The van der Waals surface area contributed by atoms with E-state index >= 15 is 0 Å². The van der Waals surface area contributed by atoms with Crippen LogP contribution in [0.25, 0.3) is 0 Å². The minimum atomic E-state index is -0.340. The first-order valence-electron chi connectivity index (χ1n) is 8.51. The van der Waals surface area contributed by atoms with Crippen LogP contribution in [0.15, 0.2) is 53.5 Å². The van der Waals surface area contributed by atoms with Crippen molar-refractivity contribution in [3.63, 3.8) is 0 Å². The standard InChI is InChI=1S/C20H21N3O3/c1-3-13-4-6-15(7-5-13)19(25)23-20-21-17(12-18(24)22-20)14-8-10-16(26-2)11-9-14/h4-11,17H,3,12H2,1-2H3,(H2,21,22,23,24,25). The Kier molecular flexibility index (Phi) is 5.31. The van der Waals surface area contributed by atoms with Crippen LogP contribution in [-0.4, -0.2) is 24.9 Å². The number of benzene rings is 2. The number of amides is 2. The Morgan fingerprint density at radius 1 is 1.19 bits per heavy atom. The van der Waals surface area contributed by atoms with Gasteiger partial charge >= 0.3 is 0 Å². The molecule has 0 aliphatic carbocycles. The van der Waals surface area contributed by atoms with Gasteiger partial charge in [0.25, 0.3) is 5.91 Å². The maximum Gasteiger partial charge on any atom is 0.257 e. The summed E-state index contributed by atoms with van der Waals surface area (Å²) in [5.41, 5.74) is 2.56. The normalized spacial score (nSPS) is 16.5. The van der Waals surface area contributed by atoms with Gasteiger partial charge in [0.1, 0.15) is 5.75 Å². The molecule has 1 aliphatic heterocycles. The molecule has 1 aliphatic rings. The van der Waals surface area contributed by atoms with Crippen molar-refractivity contribution in [2.24, 2.45) is 4.99 Å². The number of hydrogen-bond acceptors (Lipinski definition) is 4. The molecule has 1 atom stereocenters. The maximum absolute atomic E-state index is 12.4. The summed E-state index contributed by atoms with van der Waals surface area (Å²) in [4.78, 5) is 28.9. The second-order valence-corrected chi connectivity index (χ2v) is 6.02. The minimum absolute atomic E-state index is 0.173. The largest absolute Gasteiger partial charge is 0.497 e. The molecule has 6 nitrogen and oxygen atoms in total. The Labute approximate surface area is 152 Å². The lowest BCUT2D eigenvalue weighted by Crippen LogP contribution is -2.47. The summed E-state index contributed by atoms with van der Waals surface area (Å²) in [5.74, 6) is 0.424. The molecule has 0 spiro atoms. The molecular weight excluding hydrogens is 330 g/mol. The molecule has 0 saturated heterocycles. The predicted octanol–water partition coefficient (Wildman–Crippen LogP) is 2.60. The van der Waals surface area contributed by atoms with Crippen molar-refractivity contribution < 1.29 is 14.3 Å². The highest BCUT2D eigenvalue weighted by Gasteiger charge is 2.23. The van der Waals surface area contributed by atoms with Crippen molar-refractivity contribution in [3.8, 4) is 5.75 Å². The van der Waals surface area contributed by atoms with E-state index in [9.17, 15) is 9.59 Å². The van der Waals surface area contributed by atoms with Crippen molar-refractivity contribution >= 4 is 17.8 Å². The summed E-state index contributed by atoms with van der Waals surface area (Å²) >= 11 is 0. The molecule has 6 heteroatoms. The van der Waals surface area contributed by atoms with Crippen LogP contribution in [0.1, 0.15) is 40.9 Å². The van der Waals surface area contributed by atoms with Crippen molar-refractivity contribution in [2.45, 2.75) is 25.8 Å². The lowest BCUT2D eigenvalue weighted by molar-refractivity contribution is -0.120. The van der Waals surface area contributed by atoms with Crippen molar-refractivity contribution in [1.29, 1.82) is 0 Å². The molecule has 2 N–H and O–H groups in total. The summed E-state index contributed by atoms with van der Waals surface area (Å²) in [6, 6.07) is 14.4. The molecule has 1 unspecified atom stereocenters. The number of methoxy groups -OCH3 is 1. The highest BCUT2D eigenvalue weighted by atomic mass is 16.5. The molecule has 2 aromatic carbocycles. The van der Waals surface area contributed by atoms with E-state index in [-0.39, 0.29) is 30.2 Å². The average molecular weight is 351 g/mol. The summed E-state index contributed by atoms with van der Waals surface area (Å²) in [5, 5.41) is 5.30. The van der Waals surface area contributed by atoms with E-state index in [1.807, 2.05) is 36.4 Å². The Hall–Kier alpha value is -3.15. The van der Waals surface area contributed by atoms with E-state index in [1.54, 1.807) is 19.2 Å². The van der Waals surface area contributed by atoms with E-state index in [2.05, 4.69) is 22.5 Å². The molecule has 2 aromatic rings. The topological polar surface area (TPSA) is 79.8 Å². The summed E-state index contributed by atoms with van der Waals surface area (Å²) in [6.07, 6.45) is 1.14. The maximum atomic E-state index is 12.4. The zero-order chi connectivity index (χ0) is 18.5. The van der Waals surface area contributed by atoms with Gasteiger partial charge < -0.3 is 4.74 Å². The fraction of sp³-hybridized carbons (Fsp3) is 0.250. The monoisotopic (exact) mass is 351 g/mol. The van der Waals surface area contributed by atoms with Crippen LogP contribution < -0.4 is 15.4 Å². The zero-order valence-electron chi connectivity index (χ0n) is 14.8. The Bertz CT molecular complexity index is 826. The number of rotatable bonds is 4. The first-order chi connectivity index (χ1) is 12.6. The third-order valence-electron chi connectivity index (χ3n) is 4.28. The summed E-state index contributed by atoms with van der Waals surface area (Å²) in [7, 11) is 1.60. The number of carbonyl (C=O) groups is 2. The van der Waals surface area contributed by atoms with Gasteiger partial charge in [-0.1, -0.05) is 31.2 Å². The molecule has 0 aromatic heterocycles. The second-order valence-electron chi connectivity index (χ2n) is 6.02. The molecule has 0 radical (unpaired) electrons. The number of aliphatic imine (C=N–C) groups is 1. The van der Waals surface area contributed by atoms with Gasteiger partial charge in [-0.3, -0.25) is 20.2 Å². The minimum Gasteiger partial charge on any atom is -0.497 e. The van der Waals surface area contributed by atoms with Crippen LogP contribution in [0.4, 0.5) is 0 Å². The SMILES string of the molecule is CCc1ccc(C(=O)NC2=NC(c3ccc(OC)cc3)CC(=O)N2)cc1. The average Bonchev–Trinajstić information content (AvgIpc) is 2.67. The predicted molar refractivity (Wildman–Crippen MR) is 99.2 cm³/mol. The summed E-state index contributed by atoms with van der Waals surface area (Å²) in [6.45, 7) is 2.06. The highest BCUT2D eigenvalue weighted by Crippen LogP contribution is 2.25. The van der Waals surface area contributed by atoms with E-state index in [0.717, 1.165) is 23.3 Å². The fourth-order valence-electron chi connectivity index (χ4n) is 2.75. The summed E-state index contributed by atoms with van der Waals surface area (Å²) < 4.78 is 5.14. The smallest absolute Gasteiger partial charge is 0.257 e. The van der Waals surface area contributed by atoms with Crippen LogP contribution in [0.2, 0.25) is 0 Å². The lowest BCUT2D eigenvalue weighted by atomic mass is 10.0. The Morgan fingerprint density at radius 3 is 2.50 bits per heavy atom. The van der Waals surface area contributed by atoms with E-state index < -0.39 is 0 Å². The van der Waals surface area contributed by atoms with Gasteiger partial charge in [0, 0.05) is 5.56 Å². The second kappa shape index (κ2) is 7.82. The molecular formula is C20H21N3O3. The number of guanidine groups is 1. The van der Waals surface area contributed by atoms with Gasteiger partial charge in [0.15, 0.2) is 0 Å². The van der Waals surface area contributed by atoms with E-state index in [4.69, 9.17) is 4.74 Å². The van der Waals surface area contributed by atoms with Crippen molar-refractivity contribution in [3.05, 3.63) is 65.2 Å². The molecule has 0 fully saturated rings. The zero-order valence-corrected chi connectivity index (χ0v) is 14.8. The highest BCUT2D eigenvalue weighted by molar-refractivity contribution is 6.10. The number of nitrogens with one attached hydrogen (secondary N) is 2. The Balaban J connectivity index is 1.75. The number of aryl methyl sites for hydroxylation is 1. The number of ether oxygens (including phenoxy) is 1. The number of carbonyl (C=O) groups excluding carboxylic acids is 2. The molecule has 134 valence electrons. The van der Waals surface area contributed by atoms with Gasteiger partial charge in [0.05, 0.1) is 19.6 Å². The molecule has 1 heterocycles. The van der Waals surface area contributed by atoms with Crippen LogP contribution in [0.3, 0.4) is 0 Å². The van der Waals surface area contributed by atoms with Gasteiger partial charge in [-0.05, 0) is 41.8 Å². The van der Waals surface area contributed by atoms with Crippen LogP contribution >= 0.6 is 0 Å². The third kappa shape index (κ3) is 4.08. The molecule has 26 heavy (non-hydrogen) atoms. The van der Waals surface area contributed by atoms with Gasteiger partial charge in [-0.2, -0.15) is 0 Å². The third-order valence-corrected chi connectivity index (χ3v) is 4.28. The quantitative estimate of drug-likeness (QED) is 0.889. The van der Waals surface area contributed by atoms with Crippen LogP contribution in [0.5, 0.6) is 5.75 Å². The van der Waals surface area contributed by atoms with Crippen LogP contribution in [0, 0.1) is 0 Å². The van der Waals surface area contributed by atoms with Gasteiger partial charge in [0.2, 0.25) is 11.9 Å². The van der Waals surface area contributed by atoms with Gasteiger partial charge in [-0.25, -0.2) is 4.99 Å². The first-order valence-corrected chi connectivity index (χ1v) is 8.51. The molecule has 0 saturated carbocycles. The van der Waals surface area contributed by atoms with E-state index in [1.165, 1.54) is 0 Å². The van der Waals surface area contributed by atoms with Gasteiger partial charge in [-0.15, -0.1) is 0 Å². The number of nitrogens with zero attached hydrogens (tertiary/aromatic N) is 1. The van der Waals surface area contributed by atoms with Crippen LogP contribution in [-0.2, 0) is 11.2 Å². The Morgan fingerprint density at radius 2 is 1.88 bits per heavy atom. The lowest BCUT2D eigenvalue weighted by Gasteiger charge is -2.21. The molecule has 0 bridgehead atoms. The first kappa shape index (κ1) is 17.7. The molecule has 2 amide bonds. The number of hydrogen-bond donors (Lipinski definition) is 2. The molecule has 3 rings (SSSR count). The fourth-order valence-corrected chi connectivity index (χ4v) is 2.75. The van der Waals surface area contributed by atoms with Crippen molar-refractivity contribution in [2.75, 3.05) is 7.11 Å². The van der Waals surface area contributed by atoms with E-state index in [0.29, 0.717) is 5.56 Å². The van der Waals surface area contributed by atoms with Crippen molar-refractivity contribution in [1.82, 2.24) is 10.6 Å².